The van der Waals surface area contributed by atoms with E-state index < -0.39 is 5.24 Å². The minimum atomic E-state index is -0.522. The molecule has 0 aliphatic carbocycles. The summed E-state index contributed by atoms with van der Waals surface area (Å²) >= 11 is 5.37. The lowest BCUT2D eigenvalue weighted by Crippen LogP contribution is -1.96. The first kappa shape index (κ1) is 23.8. The number of hydrogen-bond donors (Lipinski definition) is 0. The largest absolute Gasteiger partial charge is 0.465 e. The van der Waals surface area contributed by atoms with Crippen LogP contribution in [0.1, 0.15) is 107 Å². The van der Waals surface area contributed by atoms with Crippen molar-refractivity contribution in [3.05, 3.63) is 30.0 Å². The van der Waals surface area contributed by atoms with Crippen LogP contribution >= 0.6 is 11.6 Å². The van der Waals surface area contributed by atoms with Gasteiger partial charge in [-0.05, 0) is 43.7 Å². The lowest BCUT2D eigenvalue weighted by molar-refractivity contribution is 0.108. The van der Waals surface area contributed by atoms with Crippen molar-refractivity contribution in [2.75, 3.05) is 6.61 Å². The number of carbonyl (C=O) groups excluding carboxylic acids is 1. The van der Waals surface area contributed by atoms with Crippen LogP contribution in [0.2, 0.25) is 0 Å². The Morgan fingerprint density at radius 3 is 2.04 bits per heavy atom. The highest BCUT2D eigenvalue weighted by Gasteiger charge is 2.07. The van der Waals surface area contributed by atoms with E-state index in [-0.39, 0.29) is 0 Å². The third kappa shape index (κ3) is 13.6. The van der Waals surface area contributed by atoms with E-state index in [2.05, 4.69) is 19.1 Å². The fraction of sp³-hybridized carbons (Fsp3) is 0.696. The van der Waals surface area contributed by atoms with Crippen LogP contribution < -0.4 is 4.74 Å². The number of carbonyl (C=O) groups is 1. The van der Waals surface area contributed by atoms with Crippen molar-refractivity contribution in [1.29, 1.82) is 0 Å². The zero-order valence-corrected chi connectivity index (χ0v) is 17.8. The van der Waals surface area contributed by atoms with Gasteiger partial charge < -0.3 is 9.15 Å². The summed E-state index contributed by atoms with van der Waals surface area (Å²) in [7, 11) is 0. The van der Waals surface area contributed by atoms with Gasteiger partial charge in [-0.25, -0.2) is 0 Å². The quantitative estimate of drug-likeness (QED) is 0.143. The SMILES string of the molecule is CCCCCCCC/C=C\CCCCCCCCOc1cc(C(=O)Cl)co1. The van der Waals surface area contributed by atoms with Crippen molar-refractivity contribution in [3.63, 3.8) is 0 Å². The second-order valence-electron chi connectivity index (χ2n) is 7.21. The van der Waals surface area contributed by atoms with Gasteiger partial charge in [0.25, 0.3) is 11.2 Å². The summed E-state index contributed by atoms with van der Waals surface area (Å²) in [5.74, 6) is 0.367. The monoisotopic (exact) mass is 396 g/mol. The van der Waals surface area contributed by atoms with Crippen LogP contribution in [0.15, 0.2) is 28.9 Å². The van der Waals surface area contributed by atoms with Crippen LogP contribution in [-0.2, 0) is 0 Å². The molecule has 1 heterocycles. The third-order valence-corrected chi connectivity index (χ3v) is 4.92. The van der Waals surface area contributed by atoms with Gasteiger partial charge in [-0.3, -0.25) is 4.79 Å². The molecule has 4 heteroatoms. The normalized spacial score (nSPS) is 11.3. The average Bonchev–Trinajstić information content (AvgIpc) is 3.13. The number of unbranched alkanes of at least 4 members (excludes halogenated alkanes) is 12. The van der Waals surface area contributed by atoms with Gasteiger partial charge in [0.15, 0.2) is 0 Å². The maximum atomic E-state index is 10.9. The van der Waals surface area contributed by atoms with Gasteiger partial charge in [0.2, 0.25) is 0 Å². The number of ether oxygens (including phenoxy) is 1. The van der Waals surface area contributed by atoms with Gasteiger partial charge in [-0.15, -0.1) is 0 Å². The molecule has 0 amide bonds. The molecular weight excluding hydrogens is 360 g/mol. The van der Waals surface area contributed by atoms with E-state index in [1.165, 1.54) is 89.4 Å². The summed E-state index contributed by atoms with van der Waals surface area (Å²) in [6, 6.07) is 1.54. The van der Waals surface area contributed by atoms with Crippen molar-refractivity contribution in [1.82, 2.24) is 0 Å². The van der Waals surface area contributed by atoms with Crippen molar-refractivity contribution >= 4 is 16.8 Å². The van der Waals surface area contributed by atoms with Gasteiger partial charge in [0.1, 0.15) is 6.26 Å². The molecule has 0 radical (unpaired) electrons. The van der Waals surface area contributed by atoms with Gasteiger partial charge in [-0.2, -0.15) is 0 Å². The smallest absolute Gasteiger partial charge is 0.284 e. The maximum Gasteiger partial charge on any atom is 0.284 e. The summed E-state index contributed by atoms with van der Waals surface area (Å²) in [6.45, 7) is 2.88. The molecule has 154 valence electrons. The molecule has 0 spiro atoms. The first-order valence-corrected chi connectivity index (χ1v) is 11.2. The fourth-order valence-electron chi connectivity index (χ4n) is 3.02. The molecule has 0 fully saturated rings. The lowest BCUT2D eigenvalue weighted by atomic mass is 10.1. The molecule has 0 aliphatic rings. The van der Waals surface area contributed by atoms with Gasteiger partial charge in [0, 0.05) is 6.07 Å². The zero-order valence-electron chi connectivity index (χ0n) is 17.0. The molecule has 0 saturated heterocycles. The standard InChI is InChI=1S/C23H37ClO3/c1-2-3-4-5-6-7-8-9-10-11-12-13-14-15-16-17-18-26-22-19-21(20-27-22)23(24)25/h9-10,19-20H,2-8,11-18H2,1H3/b10-9-. The highest BCUT2D eigenvalue weighted by Crippen LogP contribution is 2.18. The Morgan fingerprint density at radius 1 is 0.926 bits per heavy atom. The maximum absolute atomic E-state index is 10.9. The third-order valence-electron chi connectivity index (χ3n) is 4.70. The van der Waals surface area contributed by atoms with Crippen molar-refractivity contribution < 1.29 is 13.9 Å². The van der Waals surface area contributed by atoms with E-state index in [0.717, 1.165) is 12.8 Å². The van der Waals surface area contributed by atoms with Gasteiger partial charge >= 0.3 is 0 Å². The predicted molar refractivity (Wildman–Crippen MR) is 114 cm³/mol. The Kier molecular flexibility index (Phi) is 14.9. The van der Waals surface area contributed by atoms with Crippen LogP contribution in [0, 0.1) is 0 Å². The molecule has 1 rings (SSSR count). The summed E-state index contributed by atoms with van der Waals surface area (Å²) in [6.07, 6.45) is 24.1. The summed E-state index contributed by atoms with van der Waals surface area (Å²) in [5.41, 5.74) is 0.340. The van der Waals surface area contributed by atoms with E-state index in [1.807, 2.05) is 0 Å². The number of halogens is 1. The molecule has 0 saturated carbocycles. The highest BCUT2D eigenvalue weighted by molar-refractivity contribution is 6.67. The summed E-state index contributed by atoms with van der Waals surface area (Å²) in [5, 5.41) is -0.522. The topological polar surface area (TPSA) is 39.4 Å². The first-order valence-electron chi connectivity index (χ1n) is 10.8. The fourth-order valence-corrected chi connectivity index (χ4v) is 3.12. The molecule has 0 bridgehead atoms. The number of furan rings is 1. The number of allylic oxidation sites excluding steroid dienone is 2. The number of rotatable bonds is 18. The van der Waals surface area contributed by atoms with Crippen LogP contribution in [0.5, 0.6) is 5.95 Å². The second-order valence-corrected chi connectivity index (χ2v) is 7.56. The molecule has 0 atom stereocenters. The van der Waals surface area contributed by atoms with E-state index in [0.29, 0.717) is 18.1 Å². The van der Waals surface area contributed by atoms with E-state index in [1.54, 1.807) is 0 Å². The molecule has 0 unspecified atom stereocenters. The van der Waals surface area contributed by atoms with Crippen LogP contribution in [0.3, 0.4) is 0 Å². The predicted octanol–water partition coefficient (Wildman–Crippen LogP) is 8.07. The van der Waals surface area contributed by atoms with Crippen LogP contribution in [0.4, 0.5) is 0 Å². The summed E-state index contributed by atoms with van der Waals surface area (Å²) in [4.78, 5) is 10.9. The van der Waals surface area contributed by atoms with Crippen LogP contribution in [0.25, 0.3) is 0 Å². The van der Waals surface area contributed by atoms with Crippen molar-refractivity contribution in [2.24, 2.45) is 0 Å². The Bertz CT molecular complexity index is 507. The molecule has 3 nitrogen and oxygen atoms in total. The number of hydrogen-bond acceptors (Lipinski definition) is 3. The molecular formula is C23H37ClO3. The van der Waals surface area contributed by atoms with E-state index >= 15 is 0 Å². The Morgan fingerprint density at radius 2 is 1.48 bits per heavy atom. The van der Waals surface area contributed by atoms with Crippen molar-refractivity contribution in [2.45, 2.75) is 96.8 Å². The minimum Gasteiger partial charge on any atom is -0.465 e. The van der Waals surface area contributed by atoms with E-state index in [9.17, 15) is 4.79 Å². The van der Waals surface area contributed by atoms with Crippen molar-refractivity contribution in [3.8, 4) is 5.95 Å². The molecule has 1 aromatic rings. The lowest BCUT2D eigenvalue weighted by Gasteiger charge is -2.02. The highest BCUT2D eigenvalue weighted by atomic mass is 35.5. The van der Waals surface area contributed by atoms with Gasteiger partial charge in [0.05, 0.1) is 12.2 Å². The molecule has 0 aromatic carbocycles. The van der Waals surface area contributed by atoms with Crippen LogP contribution in [-0.4, -0.2) is 11.8 Å². The molecule has 0 N–H and O–H groups in total. The van der Waals surface area contributed by atoms with Gasteiger partial charge in [-0.1, -0.05) is 76.9 Å². The molecule has 1 aromatic heterocycles. The summed E-state index contributed by atoms with van der Waals surface area (Å²) < 4.78 is 10.6. The second kappa shape index (κ2) is 16.9. The minimum absolute atomic E-state index is 0.340. The molecule has 0 aliphatic heterocycles. The zero-order chi connectivity index (χ0) is 19.6. The Labute approximate surface area is 170 Å². The average molecular weight is 397 g/mol. The Hall–Kier alpha value is -1.22. The molecule has 27 heavy (non-hydrogen) atoms. The first-order chi connectivity index (χ1) is 13.2. The Balaban J connectivity index is 1.81. The van der Waals surface area contributed by atoms with E-state index in [4.69, 9.17) is 20.8 Å².